The molecule has 0 aliphatic heterocycles. The van der Waals surface area contributed by atoms with Crippen LogP contribution in [-0.2, 0) is 27.6 Å². The highest BCUT2D eigenvalue weighted by atomic mass is 32.2. The van der Waals surface area contributed by atoms with Gasteiger partial charge in [-0.1, -0.05) is 30.3 Å². The summed E-state index contributed by atoms with van der Waals surface area (Å²) < 4.78 is 18.6. The van der Waals surface area contributed by atoms with E-state index in [-0.39, 0.29) is 16.3 Å². The molecule has 0 N–H and O–H groups in total. The molecule has 1 atom stereocenters. The van der Waals surface area contributed by atoms with Gasteiger partial charge in [-0.3, -0.25) is 4.21 Å². The number of rotatable bonds is 6. The molecule has 1 heterocycles. The minimum Gasteiger partial charge on any atom is -0.373 e. The lowest BCUT2D eigenvalue weighted by Crippen LogP contribution is -2.52. The maximum Gasteiger partial charge on any atom is 0.135 e. The first-order valence-electron chi connectivity index (χ1n) is 8.71. The van der Waals surface area contributed by atoms with Crippen LogP contribution in [0.25, 0.3) is 0 Å². The zero-order valence-corrected chi connectivity index (χ0v) is 16.0. The Bertz CT molecular complexity index is 707. The zero-order valence-electron chi connectivity index (χ0n) is 15.1. The molecular weight excluding hydrogens is 332 g/mol. The number of nitrogens with zero attached hydrogens (tertiary/aromatic N) is 2. The van der Waals surface area contributed by atoms with Gasteiger partial charge < -0.3 is 4.74 Å². The van der Waals surface area contributed by atoms with Crippen LogP contribution >= 0.6 is 0 Å². The monoisotopic (exact) mass is 358 g/mol. The standard InChI is InChI=1S/C20H26N2O2S/c1-19(2,3)25(23)15-20(18-21-10-7-11-22-18)12-17(13-20)24-14-16-8-5-4-6-9-16/h4-11,17H,12-15H2,1-3H3. The summed E-state index contributed by atoms with van der Waals surface area (Å²) in [5.41, 5.74) is 0.940. The molecule has 0 radical (unpaired) electrons. The summed E-state index contributed by atoms with van der Waals surface area (Å²) in [6.07, 6.45) is 5.35. The van der Waals surface area contributed by atoms with Crippen LogP contribution < -0.4 is 0 Å². The van der Waals surface area contributed by atoms with Gasteiger partial charge in [-0.25, -0.2) is 9.97 Å². The van der Waals surface area contributed by atoms with Crippen molar-refractivity contribution in [2.24, 2.45) is 0 Å². The van der Waals surface area contributed by atoms with E-state index in [1.807, 2.05) is 45.0 Å². The average Bonchev–Trinajstić information content (AvgIpc) is 2.57. The molecule has 134 valence electrons. The number of ether oxygens (including phenoxy) is 1. The first kappa shape index (κ1) is 18.2. The van der Waals surface area contributed by atoms with Gasteiger partial charge >= 0.3 is 0 Å². The highest BCUT2D eigenvalue weighted by molar-refractivity contribution is 7.86. The molecule has 0 amide bonds. The molecule has 0 bridgehead atoms. The molecule has 1 aliphatic carbocycles. The minimum atomic E-state index is -0.946. The number of aromatic nitrogens is 2. The van der Waals surface area contributed by atoms with Crippen LogP contribution in [0.5, 0.6) is 0 Å². The van der Waals surface area contributed by atoms with E-state index in [9.17, 15) is 4.21 Å². The van der Waals surface area contributed by atoms with Gasteiger partial charge in [-0.2, -0.15) is 0 Å². The first-order chi connectivity index (χ1) is 11.9. The van der Waals surface area contributed by atoms with E-state index in [4.69, 9.17) is 4.74 Å². The molecule has 2 aromatic rings. The van der Waals surface area contributed by atoms with Crippen molar-refractivity contribution >= 4 is 10.8 Å². The second-order valence-electron chi connectivity index (χ2n) is 7.78. The summed E-state index contributed by atoms with van der Waals surface area (Å²) in [5.74, 6) is 1.39. The zero-order chi connectivity index (χ0) is 17.9. The third-order valence-electron chi connectivity index (χ3n) is 4.70. The average molecular weight is 359 g/mol. The van der Waals surface area contributed by atoms with Gasteiger partial charge in [-0.15, -0.1) is 0 Å². The molecule has 5 heteroatoms. The van der Waals surface area contributed by atoms with E-state index < -0.39 is 10.8 Å². The van der Waals surface area contributed by atoms with Crippen molar-refractivity contribution in [1.82, 2.24) is 9.97 Å². The molecule has 4 nitrogen and oxygen atoms in total. The first-order valence-corrected chi connectivity index (χ1v) is 10.0. The van der Waals surface area contributed by atoms with Gasteiger partial charge in [0.2, 0.25) is 0 Å². The highest BCUT2D eigenvalue weighted by Gasteiger charge is 2.50. The van der Waals surface area contributed by atoms with Crippen molar-refractivity contribution in [2.45, 2.75) is 56.5 Å². The van der Waals surface area contributed by atoms with Gasteiger partial charge in [0, 0.05) is 39.1 Å². The largest absolute Gasteiger partial charge is 0.373 e. The Kier molecular flexibility index (Phi) is 5.35. The Morgan fingerprint density at radius 1 is 1.12 bits per heavy atom. The van der Waals surface area contributed by atoms with E-state index in [0.29, 0.717) is 12.4 Å². The molecule has 0 saturated heterocycles. The Morgan fingerprint density at radius 2 is 1.76 bits per heavy atom. The fraction of sp³-hybridized carbons (Fsp3) is 0.500. The van der Waals surface area contributed by atoms with Gasteiger partial charge in [0.1, 0.15) is 5.82 Å². The van der Waals surface area contributed by atoms with Crippen LogP contribution in [0.2, 0.25) is 0 Å². The quantitative estimate of drug-likeness (QED) is 0.791. The molecule has 1 fully saturated rings. The van der Waals surface area contributed by atoms with Crippen molar-refractivity contribution < 1.29 is 8.95 Å². The van der Waals surface area contributed by atoms with Crippen molar-refractivity contribution in [3.63, 3.8) is 0 Å². The molecule has 25 heavy (non-hydrogen) atoms. The number of hydrogen-bond acceptors (Lipinski definition) is 4. The summed E-state index contributed by atoms with van der Waals surface area (Å²) in [5, 5.41) is 0. The van der Waals surface area contributed by atoms with Gasteiger partial charge in [-0.05, 0) is 45.2 Å². The van der Waals surface area contributed by atoms with Crippen molar-refractivity contribution in [2.75, 3.05) is 5.75 Å². The van der Waals surface area contributed by atoms with Gasteiger partial charge in [0.25, 0.3) is 0 Å². The van der Waals surface area contributed by atoms with Crippen LogP contribution in [0.3, 0.4) is 0 Å². The molecular formula is C20H26N2O2S. The second kappa shape index (κ2) is 7.34. The second-order valence-corrected chi connectivity index (χ2v) is 9.99. The van der Waals surface area contributed by atoms with Crippen molar-refractivity contribution in [3.8, 4) is 0 Å². The van der Waals surface area contributed by atoms with Crippen molar-refractivity contribution in [1.29, 1.82) is 0 Å². The molecule has 1 aromatic carbocycles. The van der Waals surface area contributed by atoms with E-state index >= 15 is 0 Å². The Labute approximate surface area is 152 Å². The predicted octanol–water partition coefficient (Wildman–Crippen LogP) is 3.64. The number of benzene rings is 1. The normalized spacial score (nSPS) is 24.5. The number of hydrogen-bond donors (Lipinski definition) is 0. The molecule has 3 rings (SSSR count). The predicted molar refractivity (Wildman–Crippen MR) is 101 cm³/mol. The van der Waals surface area contributed by atoms with Crippen molar-refractivity contribution in [3.05, 3.63) is 60.2 Å². The maximum atomic E-state index is 12.7. The SMILES string of the molecule is CC(C)(C)S(=O)CC1(c2ncccn2)CC(OCc2ccccc2)C1. The maximum absolute atomic E-state index is 12.7. The lowest BCUT2D eigenvalue weighted by Gasteiger charge is -2.46. The van der Waals surface area contributed by atoms with Crippen LogP contribution in [-0.4, -0.2) is 30.8 Å². The van der Waals surface area contributed by atoms with Gasteiger partial charge in [0.15, 0.2) is 0 Å². The van der Waals surface area contributed by atoms with Gasteiger partial charge in [0.05, 0.1) is 12.7 Å². The summed E-state index contributed by atoms with van der Waals surface area (Å²) in [6, 6.07) is 12.0. The minimum absolute atomic E-state index is 0.168. The summed E-state index contributed by atoms with van der Waals surface area (Å²) >= 11 is 0. The topological polar surface area (TPSA) is 52.1 Å². The fourth-order valence-corrected chi connectivity index (χ4v) is 4.42. The lowest BCUT2D eigenvalue weighted by atomic mass is 9.67. The Balaban J connectivity index is 1.67. The van der Waals surface area contributed by atoms with Crippen LogP contribution in [0.1, 0.15) is 45.0 Å². The van der Waals surface area contributed by atoms with E-state index in [0.717, 1.165) is 18.7 Å². The summed E-state index contributed by atoms with van der Waals surface area (Å²) in [7, 11) is -0.946. The van der Waals surface area contributed by atoms with E-state index in [1.165, 1.54) is 5.56 Å². The Hall–Kier alpha value is -1.59. The molecule has 1 aromatic heterocycles. The molecule has 1 aliphatic rings. The van der Waals surface area contributed by atoms with Crippen LogP contribution in [0.4, 0.5) is 0 Å². The third-order valence-corrected chi connectivity index (χ3v) is 6.88. The summed E-state index contributed by atoms with van der Waals surface area (Å²) in [6.45, 7) is 6.67. The van der Waals surface area contributed by atoms with E-state index in [1.54, 1.807) is 12.4 Å². The smallest absolute Gasteiger partial charge is 0.135 e. The lowest BCUT2D eigenvalue weighted by molar-refractivity contribution is -0.0511. The molecule has 1 saturated carbocycles. The third kappa shape index (κ3) is 4.33. The molecule has 0 spiro atoms. The van der Waals surface area contributed by atoms with E-state index in [2.05, 4.69) is 22.1 Å². The van der Waals surface area contributed by atoms with Crippen LogP contribution in [0, 0.1) is 0 Å². The van der Waals surface area contributed by atoms with Crippen LogP contribution in [0.15, 0.2) is 48.8 Å². The summed E-state index contributed by atoms with van der Waals surface area (Å²) in [4.78, 5) is 8.92. The molecule has 1 unspecified atom stereocenters. The Morgan fingerprint density at radius 3 is 2.36 bits per heavy atom. The fourth-order valence-electron chi connectivity index (χ4n) is 3.12. The highest BCUT2D eigenvalue weighted by Crippen LogP contribution is 2.45.